The molecule has 0 bridgehead atoms. The Morgan fingerprint density at radius 2 is 1.61 bits per heavy atom. The van der Waals surface area contributed by atoms with Crippen LogP contribution in [0.5, 0.6) is 0 Å². The van der Waals surface area contributed by atoms with E-state index in [-0.39, 0.29) is 12.5 Å². The van der Waals surface area contributed by atoms with E-state index in [4.69, 9.17) is 5.73 Å². The van der Waals surface area contributed by atoms with Crippen LogP contribution in [-0.4, -0.2) is 31.4 Å². The van der Waals surface area contributed by atoms with Crippen LogP contribution in [0.25, 0.3) is 0 Å². The Labute approximate surface area is 164 Å². The van der Waals surface area contributed by atoms with Gasteiger partial charge in [0.2, 0.25) is 0 Å². The van der Waals surface area contributed by atoms with Gasteiger partial charge in [0, 0.05) is 11.3 Å². The minimum absolute atomic E-state index is 0.0402. The van der Waals surface area contributed by atoms with E-state index in [9.17, 15) is 14.4 Å². The summed E-state index contributed by atoms with van der Waals surface area (Å²) in [5, 5.41) is 5.06. The van der Waals surface area contributed by atoms with Gasteiger partial charge in [-0.05, 0) is 31.9 Å². The van der Waals surface area contributed by atoms with Gasteiger partial charge in [0.05, 0.1) is 7.05 Å². The summed E-state index contributed by atoms with van der Waals surface area (Å²) in [6.45, 7) is 5.93. The zero-order valence-electron chi connectivity index (χ0n) is 16.6. The van der Waals surface area contributed by atoms with Crippen molar-refractivity contribution in [2.75, 3.05) is 18.9 Å². The number of hydrogen-bond acceptors (Lipinski definition) is 3. The fourth-order valence-corrected chi connectivity index (χ4v) is 3.41. The lowest BCUT2D eigenvalue weighted by atomic mass is 10.0. The van der Waals surface area contributed by atoms with Gasteiger partial charge in [0.25, 0.3) is 11.8 Å². The summed E-state index contributed by atoms with van der Waals surface area (Å²) in [7, 11) is 1.73. The van der Waals surface area contributed by atoms with Crippen molar-refractivity contribution in [2.45, 2.75) is 26.8 Å². The quantitative estimate of drug-likeness (QED) is 0.598. The summed E-state index contributed by atoms with van der Waals surface area (Å²) in [4.78, 5) is 36.9. The number of quaternary nitrogens is 1. The Balaban J connectivity index is 2.18. The van der Waals surface area contributed by atoms with Crippen LogP contribution in [0.3, 0.4) is 0 Å². The summed E-state index contributed by atoms with van der Waals surface area (Å²) < 4.78 is 0. The lowest BCUT2D eigenvalue weighted by Gasteiger charge is -2.24. The molecule has 0 fully saturated rings. The predicted molar refractivity (Wildman–Crippen MR) is 108 cm³/mol. The second-order valence-electron chi connectivity index (χ2n) is 7.04. The molecule has 0 aromatic heterocycles. The van der Waals surface area contributed by atoms with Crippen LogP contribution in [0.1, 0.15) is 28.3 Å². The third kappa shape index (κ3) is 5.40. The summed E-state index contributed by atoms with van der Waals surface area (Å²) >= 11 is 0. The molecule has 0 heterocycles. The second kappa shape index (κ2) is 9.14. The number of primary amides is 1. The molecule has 0 saturated heterocycles. The SMILES string of the molecule is Cc1cc(C)c(NC(=O)C[NH+](C)[C@@H](C(=O)NC(N)=O)c2ccccc2)c(C)c1. The topological polar surface area (TPSA) is 106 Å². The maximum atomic E-state index is 12.6. The maximum absolute atomic E-state index is 12.6. The van der Waals surface area contributed by atoms with Crippen molar-refractivity contribution >= 4 is 23.5 Å². The summed E-state index contributed by atoms with van der Waals surface area (Å²) in [5.41, 5.74) is 9.66. The van der Waals surface area contributed by atoms with Crippen molar-refractivity contribution in [2.24, 2.45) is 5.73 Å². The number of aryl methyl sites for hydroxylation is 3. The molecule has 4 amide bonds. The molecule has 0 spiro atoms. The first-order valence-electron chi connectivity index (χ1n) is 9.04. The van der Waals surface area contributed by atoms with Gasteiger partial charge in [-0.3, -0.25) is 14.9 Å². The van der Waals surface area contributed by atoms with Gasteiger partial charge in [0.15, 0.2) is 12.6 Å². The number of nitrogens with one attached hydrogen (secondary N) is 3. The number of benzene rings is 2. The van der Waals surface area contributed by atoms with E-state index < -0.39 is 18.0 Å². The summed E-state index contributed by atoms with van der Waals surface area (Å²) in [6, 6.07) is 11.3. The van der Waals surface area contributed by atoms with Crippen molar-refractivity contribution in [3.8, 4) is 0 Å². The van der Waals surface area contributed by atoms with Gasteiger partial charge in [0.1, 0.15) is 0 Å². The number of nitrogens with two attached hydrogens (primary N) is 1. The lowest BCUT2D eigenvalue weighted by molar-refractivity contribution is -0.894. The highest BCUT2D eigenvalue weighted by atomic mass is 16.2. The minimum Gasteiger partial charge on any atom is -0.351 e. The normalized spacial score (nSPS) is 12.7. The second-order valence-corrected chi connectivity index (χ2v) is 7.04. The molecule has 0 aliphatic heterocycles. The van der Waals surface area contributed by atoms with E-state index in [1.54, 1.807) is 31.3 Å². The van der Waals surface area contributed by atoms with E-state index in [2.05, 4.69) is 10.6 Å². The van der Waals surface area contributed by atoms with Gasteiger partial charge in [-0.15, -0.1) is 0 Å². The van der Waals surface area contributed by atoms with Gasteiger partial charge in [-0.25, -0.2) is 4.79 Å². The van der Waals surface area contributed by atoms with Crippen LogP contribution >= 0.6 is 0 Å². The molecule has 28 heavy (non-hydrogen) atoms. The minimum atomic E-state index is -0.922. The van der Waals surface area contributed by atoms with Crippen molar-refractivity contribution in [3.63, 3.8) is 0 Å². The van der Waals surface area contributed by atoms with Gasteiger partial charge in [-0.2, -0.15) is 0 Å². The van der Waals surface area contributed by atoms with E-state index in [0.717, 1.165) is 22.4 Å². The fraction of sp³-hybridized carbons (Fsp3) is 0.286. The third-order valence-corrected chi connectivity index (χ3v) is 4.52. The first kappa shape index (κ1) is 21.1. The van der Waals surface area contributed by atoms with E-state index in [1.165, 1.54) is 0 Å². The molecule has 2 aromatic rings. The Morgan fingerprint density at radius 3 is 2.14 bits per heavy atom. The molecule has 7 heteroatoms. The molecule has 0 saturated carbocycles. The van der Waals surface area contributed by atoms with Crippen LogP contribution in [0.4, 0.5) is 10.5 Å². The number of imide groups is 1. The Kier molecular flexibility index (Phi) is 6.89. The fourth-order valence-electron chi connectivity index (χ4n) is 3.41. The van der Waals surface area contributed by atoms with E-state index in [0.29, 0.717) is 10.5 Å². The van der Waals surface area contributed by atoms with Gasteiger partial charge < -0.3 is 16.0 Å². The Bertz CT molecular complexity index is 857. The first-order valence-corrected chi connectivity index (χ1v) is 9.04. The van der Waals surface area contributed by atoms with Crippen molar-refractivity contribution < 1.29 is 19.3 Å². The predicted octanol–water partition coefficient (Wildman–Crippen LogP) is 1.00. The molecule has 0 radical (unpaired) electrons. The zero-order valence-corrected chi connectivity index (χ0v) is 16.6. The third-order valence-electron chi connectivity index (χ3n) is 4.52. The highest BCUT2D eigenvalue weighted by Gasteiger charge is 2.31. The number of amides is 4. The molecule has 5 N–H and O–H groups in total. The van der Waals surface area contributed by atoms with E-state index in [1.807, 2.05) is 39.0 Å². The number of hydrogen-bond donors (Lipinski definition) is 4. The number of likely N-dealkylation sites (N-methyl/N-ethyl adjacent to an activating group) is 1. The average Bonchev–Trinajstić information content (AvgIpc) is 2.58. The number of carbonyl (C=O) groups is 3. The Hall–Kier alpha value is -3.19. The van der Waals surface area contributed by atoms with Crippen molar-refractivity contribution in [1.82, 2.24) is 5.32 Å². The molecule has 1 unspecified atom stereocenters. The molecule has 0 aliphatic carbocycles. The number of urea groups is 1. The zero-order chi connectivity index (χ0) is 20.8. The molecule has 2 rings (SSSR count). The Morgan fingerprint density at radius 1 is 1.04 bits per heavy atom. The first-order chi connectivity index (χ1) is 13.2. The molecule has 0 aliphatic rings. The van der Waals surface area contributed by atoms with Crippen molar-refractivity contribution in [1.29, 1.82) is 0 Å². The van der Waals surface area contributed by atoms with Crippen LogP contribution in [0, 0.1) is 20.8 Å². The summed E-state index contributed by atoms with van der Waals surface area (Å²) in [5.74, 6) is -0.771. The van der Waals surface area contributed by atoms with Crippen LogP contribution in [-0.2, 0) is 9.59 Å². The average molecular weight is 383 g/mol. The van der Waals surface area contributed by atoms with Gasteiger partial charge in [-0.1, -0.05) is 48.0 Å². The smallest absolute Gasteiger partial charge is 0.319 e. The molecule has 2 aromatic carbocycles. The monoisotopic (exact) mass is 383 g/mol. The van der Waals surface area contributed by atoms with Crippen LogP contribution < -0.4 is 21.3 Å². The molecule has 148 valence electrons. The van der Waals surface area contributed by atoms with Crippen molar-refractivity contribution in [3.05, 3.63) is 64.7 Å². The molecule has 7 nitrogen and oxygen atoms in total. The highest BCUT2D eigenvalue weighted by molar-refractivity contribution is 5.96. The van der Waals surface area contributed by atoms with Gasteiger partial charge >= 0.3 is 6.03 Å². The number of anilines is 1. The molecular weight excluding hydrogens is 356 g/mol. The molecular formula is C21H27N4O3+. The van der Waals surface area contributed by atoms with E-state index >= 15 is 0 Å². The maximum Gasteiger partial charge on any atom is 0.319 e. The lowest BCUT2D eigenvalue weighted by Crippen LogP contribution is -3.11. The van der Waals surface area contributed by atoms with Crippen LogP contribution in [0.2, 0.25) is 0 Å². The number of rotatable bonds is 6. The largest absolute Gasteiger partial charge is 0.351 e. The molecule has 2 atom stereocenters. The standard InChI is InChI=1S/C21H26N4O3/c1-13-10-14(2)18(15(3)11-13)23-17(26)12-25(4)19(20(27)24-21(22)28)16-8-6-5-7-9-16/h5-11,19H,12H2,1-4H3,(H,23,26)(H3,22,24,27,28)/p+1/t19-/m1/s1. The summed E-state index contributed by atoms with van der Waals surface area (Å²) in [6.07, 6.45) is 0. The highest BCUT2D eigenvalue weighted by Crippen LogP contribution is 2.21. The van der Waals surface area contributed by atoms with Crippen LogP contribution in [0.15, 0.2) is 42.5 Å². The number of carbonyl (C=O) groups excluding carboxylic acids is 3.